The Balaban J connectivity index is 1.40. The van der Waals surface area contributed by atoms with Gasteiger partial charge in [0.1, 0.15) is 17.0 Å². The van der Waals surface area contributed by atoms with Crippen molar-refractivity contribution in [1.82, 2.24) is 14.7 Å². The van der Waals surface area contributed by atoms with E-state index in [1.807, 2.05) is 47.0 Å². The number of hydrogen-bond acceptors (Lipinski definition) is 3. The lowest BCUT2D eigenvalue weighted by atomic mass is 10.2. The Morgan fingerprint density at radius 2 is 2.12 bits per heavy atom. The highest BCUT2D eigenvalue weighted by atomic mass is 35.5. The largest absolute Gasteiger partial charge is 0.457 e. The average molecular weight is 352 g/mol. The second-order valence-electron chi connectivity index (χ2n) is 5.58. The second kappa shape index (κ2) is 6.45. The number of furan rings is 1. The van der Waals surface area contributed by atoms with Gasteiger partial charge in [0.15, 0.2) is 0 Å². The SMILES string of the molecule is O=C(/C=C/c1cc2ccccc2o1)NCc1cn2cc(Cl)ccc2n1. The number of para-hydroxylation sites is 1. The molecule has 25 heavy (non-hydrogen) atoms. The summed E-state index contributed by atoms with van der Waals surface area (Å²) in [4.78, 5) is 16.4. The van der Waals surface area contributed by atoms with Gasteiger partial charge < -0.3 is 14.1 Å². The van der Waals surface area contributed by atoms with E-state index in [-0.39, 0.29) is 5.91 Å². The zero-order valence-electron chi connectivity index (χ0n) is 13.1. The summed E-state index contributed by atoms with van der Waals surface area (Å²) in [7, 11) is 0. The zero-order chi connectivity index (χ0) is 17.2. The number of rotatable bonds is 4. The molecule has 0 radical (unpaired) electrons. The monoisotopic (exact) mass is 351 g/mol. The molecule has 6 heteroatoms. The van der Waals surface area contributed by atoms with Gasteiger partial charge in [-0.1, -0.05) is 29.8 Å². The van der Waals surface area contributed by atoms with Crippen molar-refractivity contribution in [2.24, 2.45) is 0 Å². The zero-order valence-corrected chi connectivity index (χ0v) is 13.9. The van der Waals surface area contributed by atoms with Gasteiger partial charge in [-0.25, -0.2) is 4.98 Å². The molecule has 0 spiro atoms. The maximum atomic E-state index is 12.0. The molecule has 0 aliphatic carbocycles. The molecule has 4 aromatic rings. The Morgan fingerprint density at radius 1 is 1.24 bits per heavy atom. The van der Waals surface area contributed by atoms with Gasteiger partial charge in [0, 0.05) is 23.9 Å². The number of nitrogens with one attached hydrogen (secondary N) is 1. The molecule has 0 bridgehead atoms. The molecular weight excluding hydrogens is 338 g/mol. The smallest absolute Gasteiger partial charge is 0.244 e. The maximum absolute atomic E-state index is 12.0. The number of aromatic nitrogens is 2. The van der Waals surface area contributed by atoms with Crippen molar-refractivity contribution in [3.63, 3.8) is 0 Å². The fourth-order valence-electron chi connectivity index (χ4n) is 2.58. The van der Waals surface area contributed by atoms with Crippen LogP contribution in [0.25, 0.3) is 22.7 Å². The highest BCUT2D eigenvalue weighted by Gasteiger charge is 2.04. The summed E-state index contributed by atoms with van der Waals surface area (Å²) in [6.45, 7) is 0.336. The minimum atomic E-state index is -0.212. The number of carbonyl (C=O) groups excluding carboxylic acids is 1. The topological polar surface area (TPSA) is 59.5 Å². The van der Waals surface area contributed by atoms with E-state index in [1.54, 1.807) is 18.3 Å². The number of nitrogens with zero attached hydrogens (tertiary/aromatic N) is 2. The summed E-state index contributed by atoms with van der Waals surface area (Å²) in [6, 6.07) is 13.2. The summed E-state index contributed by atoms with van der Waals surface area (Å²) in [5, 5.41) is 4.44. The van der Waals surface area contributed by atoms with Crippen molar-refractivity contribution in [2.45, 2.75) is 6.54 Å². The molecule has 1 N–H and O–H groups in total. The molecule has 0 atom stereocenters. The van der Waals surface area contributed by atoms with Gasteiger partial charge in [-0.3, -0.25) is 4.79 Å². The molecule has 0 aliphatic rings. The summed E-state index contributed by atoms with van der Waals surface area (Å²) in [5.41, 5.74) is 2.34. The molecule has 0 fully saturated rings. The normalized spacial score (nSPS) is 11.6. The van der Waals surface area contributed by atoms with Crippen molar-refractivity contribution in [3.05, 3.63) is 77.4 Å². The minimum Gasteiger partial charge on any atom is -0.457 e. The number of carbonyl (C=O) groups is 1. The van der Waals surface area contributed by atoms with Gasteiger partial charge >= 0.3 is 0 Å². The Kier molecular flexibility index (Phi) is 3.99. The van der Waals surface area contributed by atoms with Crippen molar-refractivity contribution in [2.75, 3.05) is 0 Å². The maximum Gasteiger partial charge on any atom is 0.244 e. The fraction of sp³-hybridized carbons (Fsp3) is 0.0526. The van der Waals surface area contributed by atoms with E-state index in [4.69, 9.17) is 16.0 Å². The van der Waals surface area contributed by atoms with Gasteiger partial charge in [-0.15, -0.1) is 0 Å². The van der Waals surface area contributed by atoms with Crippen LogP contribution in [0.4, 0.5) is 0 Å². The minimum absolute atomic E-state index is 0.212. The van der Waals surface area contributed by atoms with Crippen LogP contribution < -0.4 is 5.32 Å². The molecule has 0 saturated carbocycles. The summed E-state index contributed by atoms with van der Waals surface area (Å²) in [5.74, 6) is 0.425. The molecule has 0 aliphatic heterocycles. The first-order chi connectivity index (χ1) is 12.2. The lowest BCUT2D eigenvalue weighted by Gasteiger charge is -1.97. The van der Waals surface area contributed by atoms with E-state index in [0.717, 1.165) is 22.3 Å². The number of benzene rings is 1. The first-order valence-corrected chi connectivity index (χ1v) is 8.13. The molecule has 1 aromatic carbocycles. The Morgan fingerprint density at radius 3 is 3.00 bits per heavy atom. The van der Waals surface area contributed by atoms with Crippen LogP contribution in [0.2, 0.25) is 5.02 Å². The van der Waals surface area contributed by atoms with Gasteiger partial charge in [0.05, 0.1) is 17.3 Å². The van der Waals surface area contributed by atoms with Crippen LogP contribution in [0, 0.1) is 0 Å². The summed E-state index contributed by atoms with van der Waals surface area (Å²) < 4.78 is 7.46. The Hall–Kier alpha value is -3.05. The number of halogens is 1. The van der Waals surface area contributed by atoms with E-state index in [9.17, 15) is 4.79 Å². The quantitative estimate of drug-likeness (QED) is 0.564. The molecule has 1 amide bonds. The fourth-order valence-corrected chi connectivity index (χ4v) is 2.75. The van der Waals surface area contributed by atoms with Crippen molar-refractivity contribution in [1.29, 1.82) is 0 Å². The third-order valence-electron chi connectivity index (χ3n) is 3.75. The van der Waals surface area contributed by atoms with Crippen LogP contribution in [0.3, 0.4) is 0 Å². The van der Waals surface area contributed by atoms with Gasteiger partial charge in [-0.05, 0) is 30.3 Å². The molecular formula is C19H14ClN3O2. The van der Waals surface area contributed by atoms with E-state index >= 15 is 0 Å². The van der Waals surface area contributed by atoms with Crippen molar-refractivity contribution >= 4 is 40.2 Å². The van der Waals surface area contributed by atoms with Crippen LogP contribution in [-0.2, 0) is 11.3 Å². The van der Waals surface area contributed by atoms with Gasteiger partial charge in [0.2, 0.25) is 5.91 Å². The van der Waals surface area contributed by atoms with E-state index in [1.165, 1.54) is 6.08 Å². The predicted octanol–water partition coefficient (Wildman–Crippen LogP) is 4.06. The number of fused-ring (bicyclic) bond motifs is 2. The van der Waals surface area contributed by atoms with Crippen molar-refractivity contribution < 1.29 is 9.21 Å². The molecule has 0 unspecified atom stereocenters. The van der Waals surface area contributed by atoms with Gasteiger partial charge in [-0.2, -0.15) is 0 Å². The highest BCUT2D eigenvalue weighted by molar-refractivity contribution is 6.30. The Bertz CT molecular complexity index is 1060. The molecule has 4 rings (SSSR count). The average Bonchev–Trinajstić information content (AvgIpc) is 3.20. The first kappa shape index (κ1) is 15.5. The van der Waals surface area contributed by atoms with E-state index in [0.29, 0.717) is 17.3 Å². The molecule has 0 saturated heterocycles. The van der Waals surface area contributed by atoms with E-state index < -0.39 is 0 Å². The van der Waals surface area contributed by atoms with E-state index in [2.05, 4.69) is 10.3 Å². The highest BCUT2D eigenvalue weighted by Crippen LogP contribution is 2.19. The first-order valence-electron chi connectivity index (χ1n) is 7.75. The summed E-state index contributed by atoms with van der Waals surface area (Å²) in [6.07, 6.45) is 6.71. The number of pyridine rings is 1. The molecule has 3 aromatic heterocycles. The third-order valence-corrected chi connectivity index (χ3v) is 3.98. The molecule has 3 heterocycles. The predicted molar refractivity (Wildman–Crippen MR) is 97.3 cm³/mol. The lowest BCUT2D eigenvalue weighted by molar-refractivity contribution is -0.116. The summed E-state index contributed by atoms with van der Waals surface area (Å²) >= 11 is 5.95. The standard InChI is InChI=1S/C19H14ClN3O2/c20-14-5-7-18-22-15(12-23(18)11-14)10-21-19(24)8-6-16-9-13-3-1-2-4-17(13)25-16/h1-9,11-12H,10H2,(H,21,24)/b8-6+. The van der Waals surface area contributed by atoms with Crippen LogP contribution in [0.1, 0.15) is 11.5 Å². The molecule has 5 nitrogen and oxygen atoms in total. The van der Waals surface area contributed by atoms with Crippen LogP contribution in [-0.4, -0.2) is 15.3 Å². The van der Waals surface area contributed by atoms with Crippen molar-refractivity contribution in [3.8, 4) is 0 Å². The Labute approximate surface area is 148 Å². The van der Waals surface area contributed by atoms with Crippen LogP contribution >= 0.6 is 11.6 Å². The lowest BCUT2D eigenvalue weighted by Crippen LogP contribution is -2.20. The van der Waals surface area contributed by atoms with Crippen LogP contribution in [0.5, 0.6) is 0 Å². The number of hydrogen-bond donors (Lipinski definition) is 1. The van der Waals surface area contributed by atoms with Gasteiger partial charge in [0.25, 0.3) is 0 Å². The number of imidazole rings is 1. The number of amides is 1. The molecule has 124 valence electrons. The van der Waals surface area contributed by atoms with Crippen LogP contribution in [0.15, 0.2) is 65.4 Å². The third kappa shape index (κ3) is 3.41. The second-order valence-corrected chi connectivity index (χ2v) is 6.02.